The summed E-state index contributed by atoms with van der Waals surface area (Å²) in [6, 6.07) is 29.5. The SMILES string of the molecule is Cc1ccccc1N1CC=C(C(N)NN(C(=O)c2ccccc2)c2ccccc2C)C=C1Cc1ccncc1. The number of nitrogens with two attached hydrogens (primary N) is 1. The van der Waals surface area contributed by atoms with Gasteiger partial charge in [0, 0.05) is 42.3 Å². The minimum atomic E-state index is -0.608. The molecule has 4 aromatic rings. The van der Waals surface area contributed by atoms with Crippen LogP contribution >= 0.6 is 0 Å². The number of nitrogens with one attached hydrogen (secondary N) is 1. The third-order valence-corrected chi connectivity index (χ3v) is 6.94. The maximum absolute atomic E-state index is 13.7. The van der Waals surface area contributed by atoms with Gasteiger partial charge in [0.05, 0.1) is 11.9 Å². The first-order chi connectivity index (χ1) is 19.0. The van der Waals surface area contributed by atoms with Gasteiger partial charge in [0.25, 0.3) is 5.91 Å². The second-order valence-electron chi connectivity index (χ2n) is 9.67. The van der Waals surface area contributed by atoms with E-state index in [2.05, 4.69) is 58.7 Å². The fourth-order valence-corrected chi connectivity index (χ4v) is 4.81. The van der Waals surface area contributed by atoms with Gasteiger partial charge in [-0.15, -0.1) is 0 Å². The van der Waals surface area contributed by atoms with Gasteiger partial charge in [-0.2, -0.15) is 0 Å². The van der Waals surface area contributed by atoms with Crippen molar-refractivity contribution >= 4 is 17.3 Å². The summed E-state index contributed by atoms with van der Waals surface area (Å²) in [6.45, 7) is 4.78. The highest BCUT2D eigenvalue weighted by Gasteiger charge is 2.25. The van der Waals surface area contributed by atoms with Gasteiger partial charge in [0.1, 0.15) is 0 Å². The Labute approximate surface area is 230 Å². The number of hydrazine groups is 1. The Hall–Kier alpha value is -4.52. The van der Waals surface area contributed by atoms with E-state index in [1.807, 2.05) is 86.0 Å². The second-order valence-corrected chi connectivity index (χ2v) is 9.67. The Morgan fingerprint density at radius 2 is 1.59 bits per heavy atom. The number of rotatable bonds is 8. The first-order valence-electron chi connectivity index (χ1n) is 13.1. The van der Waals surface area contributed by atoms with E-state index in [9.17, 15) is 4.79 Å². The number of hydrogen-bond donors (Lipinski definition) is 2. The van der Waals surface area contributed by atoms with Gasteiger partial charge >= 0.3 is 0 Å². The van der Waals surface area contributed by atoms with Crippen molar-refractivity contribution in [2.45, 2.75) is 26.4 Å². The van der Waals surface area contributed by atoms with Gasteiger partial charge in [-0.25, -0.2) is 10.4 Å². The predicted molar refractivity (Wildman–Crippen MR) is 158 cm³/mol. The zero-order valence-corrected chi connectivity index (χ0v) is 22.3. The quantitative estimate of drug-likeness (QED) is 0.232. The van der Waals surface area contributed by atoms with Crippen LogP contribution in [-0.4, -0.2) is 23.6 Å². The molecular formula is C33H33N5O. The summed E-state index contributed by atoms with van der Waals surface area (Å²) in [7, 11) is 0. The third-order valence-electron chi connectivity index (χ3n) is 6.94. The summed E-state index contributed by atoms with van der Waals surface area (Å²) in [5.41, 5.74) is 18.0. The van der Waals surface area contributed by atoms with Crippen molar-refractivity contribution in [1.29, 1.82) is 0 Å². The van der Waals surface area contributed by atoms with Gasteiger partial charge in [0.2, 0.25) is 0 Å². The van der Waals surface area contributed by atoms with Gasteiger partial charge in [-0.1, -0.05) is 60.7 Å². The number of aryl methyl sites for hydroxylation is 2. The van der Waals surface area contributed by atoms with Crippen LogP contribution < -0.4 is 21.1 Å². The number of allylic oxidation sites excluding steroid dienone is 1. The Bertz CT molecular complexity index is 1500. The molecule has 6 nitrogen and oxygen atoms in total. The van der Waals surface area contributed by atoms with Crippen LogP contribution in [-0.2, 0) is 6.42 Å². The first-order valence-corrected chi connectivity index (χ1v) is 13.1. The summed E-state index contributed by atoms with van der Waals surface area (Å²) < 4.78 is 0. The molecule has 39 heavy (non-hydrogen) atoms. The molecule has 196 valence electrons. The number of carbonyl (C=O) groups is 1. The number of hydrogen-bond acceptors (Lipinski definition) is 5. The van der Waals surface area contributed by atoms with Crippen LogP contribution in [0.3, 0.4) is 0 Å². The van der Waals surface area contributed by atoms with E-state index in [0.29, 0.717) is 12.1 Å². The van der Waals surface area contributed by atoms with E-state index >= 15 is 0 Å². The number of pyridine rings is 1. The predicted octanol–water partition coefficient (Wildman–Crippen LogP) is 5.71. The molecule has 3 N–H and O–H groups in total. The monoisotopic (exact) mass is 515 g/mol. The molecule has 1 amide bonds. The van der Waals surface area contributed by atoms with Crippen molar-refractivity contribution in [1.82, 2.24) is 10.4 Å². The first kappa shape index (κ1) is 26.1. The standard InChI is InChI=1S/C33H33N5O/c1-24-10-6-8-14-30(24)37-21-18-28(23-29(37)22-26-16-19-35-20-17-26)32(34)36-38(31-15-9-7-11-25(31)2)33(39)27-12-4-3-5-13-27/h3-20,23,32,36H,21-22,34H2,1-2H3. The highest BCUT2D eigenvalue weighted by atomic mass is 16.2. The number of anilines is 2. The van der Waals surface area contributed by atoms with E-state index in [1.54, 1.807) is 5.01 Å². The maximum Gasteiger partial charge on any atom is 0.272 e. The van der Waals surface area contributed by atoms with E-state index in [-0.39, 0.29) is 5.91 Å². The third kappa shape index (κ3) is 5.98. The molecular weight excluding hydrogens is 482 g/mol. The molecule has 1 aliphatic heterocycles. The molecule has 1 unspecified atom stereocenters. The summed E-state index contributed by atoms with van der Waals surface area (Å²) in [5, 5.41) is 1.57. The second kappa shape index (κ2) is 11.9. The molecule has 1 aromatic heterocycles. The highest BCUT2D eigenvalue weighted by Crippen LogP contribution is 2.29. The van der Waals surface area contributed by atoms with Crippen LogP contribution in [0.15, 0.2) is 127 Å². The van der Waals surface area contributed by atoms with Gasteiger partial charge in [-0.3, -0.25) is 9.78 Å². The molecule has 0 fully saturated rings. The van der Waals surface area contributed by atoms with Crippen molar-refractivity contribution < 1.29 is 4.79 Å². The fraction of sp³-hybridized carbons (Fsp3) is 0.152. The minimum Gasteiger partial charge on any atom is -0.341 e. The molecule has 5 rings (SSSR count). The summed E-state index contributed by atoms with van der Waals surface area (Å²) in [4.78, 5) is 20.1. The van der Waals surface area contributed by atoms with Gasteiger partial charge in [0.15, 0.2) is 0 Å². The molecule has 0 saturated carbocycles. The normalized spacial score (nSPS) is 13.9. The number of amides is 1. The van der Waals surface area contributed by atoms with Crippen LogP contribution in [0, 0.1) is 13.8 Å². The molecule has 1 atom stereocenters. The number of aromatic nitrogens is 1. The summed E-state index contributed by atoms with van der Waals surface area (Å²) >= 11 is 0. The smallest absolute Gasteiger partial charge is 0.272 e. The van der Waals surface area contributed by atoms with Crippen molar-refractivity contribution in [3.8, 4) is 0 Å². The summed E-state index contributed by atoms with van der Waals surface area (Å²) in [5.74, 6) is -0.167. The number of para-hydroxylation sites is 2. The van der Waals surface area contributed by atoms with Crippen LogP contribution in [0.25, 0.3) is 0 Å². The zero-order valence-electron chi connectivity index (χ0n) is 22.3. The number of nitrogens with zero attached hydrogens (tertiary/aromatic N) is 3. The van der Waals surface area contributed by atoms with Crippen molar-refractivity contribution in [2.75, 3.05) is 16.5 Å². The average Bonchev–Trinajstić information content (AvgIpc) is 2.97. The average molecular weight is 516 g/mol. The van der Waals surface area contributed by atoms with Gasteiger partial charge < -0.3 is 10.6 Å². The van der Waals surface area contributed by atoms with Gasteiger partial charge in [-0.05, 0) is 78.6 Å². The van der Waals surface area contributed by atoms with E-state index in [1.165, 1.54) is 11.1 Å². The summed E-state index contributed by atoms with van der Waals surface area (Å²) in [6.07, 6.45) is 8.02. The Morgan fingerprint density at radius 3 is 2.31 bits per heavy atom. The lowest BCUT2D eigenvalue weighted by molar-refractivity contribution is 0.0971. The zero-order chi connectivity index (χ0) is 27.2. The topological polar surface area (TPSA) is 74.5 Å². The van der Waals surface area contributed by atoms with E-state index < -0.39 is 6.17 Å². The molecule has 2 heterocycles. The molecule has 0 saturated heterocycles. The van der Waals surface area contributed by atoms with E-state index in [4.69, 9.17) is 5.73 Å². The molecule has 0 radical (unpaired) electrons. The molecule has 1 aliphatic rings. The highest BCUT2D eigenvalue weighted by molar-refractivity contribution is 6.05. The Balaban J connectivity index is 1.47. The van der Waals surface area contributed by atoms with Crippen LogP contribution in [0.5, 0.6) is 0 Å². The number of benzene rings is 3. The van der Waals surface area contributed by atoms with E-state index in [0.717, 1.165) is 34.6 Å². The van der Waals surface area contributed by atoms with Crippen molar-refractivity contribution in [2.24, 2.45) is 5.73 Å². The minimum absolute atomic E-state index is 0.167. The fourth-order valence-electron chi connectivity index (χ4n) is 4.81. The molecule has 0 aliphatic carbocycles. The van der Waals surface area contributed by atoms with Crippen LogP contribution in [0.2, 0.25) is 0 Å². The largest absolute Gasteiger partial charge is 0.341 e. The number of carbonyl (C=O) groups excluding carboxylic acids is 1. The lowest BCUT2D eigenvalue weighted by atomic mass is 10.0. The Kier molecular flexibility index (Phi) is 7.96. The van der Waals surface area contributed by atoms with Crippen LogP contribution in [0.1, 0.15) is 27.0 Å². The molecule has 0 spiro atoms. The molecule has 0 bridgehead atoms. The van der Waals surface area contributed by atoms with Crippen LogP contribution in [0.4, 0.5) is 11.4 Å². The van der Waals surface area contributed by atoms with Crippen molar-refractivity contribution in [3.63, 3.8) is 0 Å². The Morgan fingerprint density at radius 1 is 0.923 bits per heavy atom. The molecule has 3 aromatic carbocycles. The maximum atomic E-state index is 13.7. The lowest BCUT2D eigenvalue weighted by Gasteiger charge is -2.34. The van der Waals surface area contributed by atoms with Crippen molar-refractivity contribution in [3.05, 3.63) is 149 Å². The molecule has 6 heteroatoms. The lowest BCUT2D eigenvalue weighted by Crippen LogP contribution is -2.53.